The molecule has 3 heteroatoms. The summed E-state index contributed by atoms with van der Waals surface area (Å²) in [6.45, 7) is 9.59. The molecule has 116 valence electrons. The first kappa shape index (κ1) is 14.9. The van der Waals surface area contributed by atoms with Crippen LogP contribution in [0.2, 0.25) is 0 Å². The fourth-order valence-electron chi connectivity index (χ4n) is 3.65. The molecule has 1 aliphatic rings. The van der Waals surface area contributed by atoms with Gasteiger partial charge in [-0.3, -0.25) is 4.79 Å². The van der Waals surface area contributed by atoms with E-state index in [1.165, 1.54) is 16.8 Å². The predicted molar refractivity (Wildman–Crippen MR) is 88.2 cm³/mol. The van der Waals surface area contributed by atoms with Crippen LogP contribution < -0.4 is 0 Å². The second-order valence-corrected chi connectivity index (χ2v) is 7.26. The van der Waals surface area contributed by atoms with Crippen LogP contribution >= 0.6 is 0 Å². The van der Waals surface area contributed by atoms with E-state index in [1.807, 2.05) is 0 Å². The number of aryl methyl sites for hydroxylation is 1. The number of benzene rings is 1. The summed E-state index contributed by atoms with van der Waals surface area (Å²) in [5, 5.41) is 9.34. The molecule has 0 saturated heterocycles. The lowest BCUT2D eigenvalue weighted by Gasteiger charge is -2.18. The van der Waals surface area contributed by atoms with Gasteiger partial charge in [0.25, 0.3) is 0 Å². The van der Waals surface area contributed by atoms with Gasteiger partial charge < -0.3 is 9.67 Å². The van der Waals surface area contributed by atoms with Crippen LogP contribution in [-0.4, -0.2) is 15.6 Å². The fourth-order valence-corrected chi connectivity index (χ4v) is 3.65. The second kappa shape index (κ2) is 5.01. The molecule has 1 aromatic heterocycles. The number of aromatic nitrogens is 1. The summed E-state index contributed by atoms with van der Waals surface area (Å²) in [6.07, 6.45) is 1.09. The van der Waals surface area contributed by atoms with E-state index in [-0.39, 0.29) is 11.8 Å². The van der Waals surface area contributed by atoms with E-state index in [9.17, 15) is 9.90 Å². The van der Waals surface area contributed by atoms with Crippen LogP contribution in [-0.2, 0) is 24.2 Å². The third kappa shape index (κ3) is 2.45. The predicted octanol–water partition coefficient (Wildman–Crippen LogP) is 3.98. The molecule has 2 aromatic rings. The van der Waals surface area contributed by atoms with Gasteiger partial charge in [-0.25, -0.2) is 0 Å². The smallest absolute Gasteiger partial charge is 0.309 e. The molecular weight excluding hydrogens is 274 g/mol. The molecular formula is C19H23NO2. The second-order valence-electron chi connectivity index (χ2n) is 7.26. The lowest BCUT2D eigenvalue weighted by molar-refractivity contribution is -0.136. The van der Waals surface area contributed by atoms with Crippen molar-refractivity contribution in [3.8, 4) is 11.1 Å². The van der Waals surface area contributed by atoms with E-state index in [2.05, 4.69) is 56.5 Å². The summed E-state index contributed by atoms with van der Waals surface area (Å²) in [6, 6.07) is 8.38. The summed E-state index contributed by atoms with van der Waals surface area (Å²) < 4.78 is 2.25. The average Bonchev–Trinajstić information content (AvgIpc) is 2.85. The minimum Gasteiger partial charge on any atom is -0.481 e. The van der Waals surface area contributed by atoms with Crippen LogP contribution in [0.3, 0.4) is 0 Å². The Bertz CT molecular complexity index is 736. The van der Waals surface area contributed by atoms with Crippen LogP contribution in [0.25, 0.3) is 11.1 Å². The van der Waals surface area contributed by atoms with E-state index < -0.39 is 5.97 Å². The third-order valence-electron chi connectivity index (χ3n) is 4.64. The molecule has 1 aliphatic heterocycles. The minimum atomic E-state index is -0.765. The molecule has 0 saturated carbocycles. The number of nitrogens with zero attached hydrogens (tertiary/aromatic N) is 1. The van der Waals surface area contributed by atoms with Crippen LogP contribution in [0.1, 0.15) is 36.4 Å². The zero-order chi connectivity index (χ0) is 16.1. The Hall–Kier alpha value is -2.03. The zero-order valence-corrected chi connectivity index (χ0v) is 13.7. The van der Waals surface area contributed by atoms with E-state index in [0.29, 0.717) is 0 Å². The number of hydrogen-bond acceptors (Lipinski definition) is 1. The minimum absolute atomic E-state index is 0.0835. The summed E-state index contributed by atoms with van der Waals surface area (Å²) in [7, 11) is 0. The van der Waals surface area contributed by atoms with Gasteiger partial charge in [0.15, 0.2) is 0 Å². The SMILES string of the molecule is Cc1ccc(-c2c(C)c3n(c2CC(=O)O)CC(C)(C)C3)cc1. The molecule has 0 radical (unpaired) electrons. The Morgan fingerprint density at radius 1 is 1.23 bits per heavy atom. The van der Waals surface area contributed by atoms with Crippen LogP contribution in [0.5, 0.6) is 0 Å². The highest BCUT2D eigenvalue weighted by molar-refractivity contribution is 5.79. The lowest BCUT2D eigenvalue weighted by Crippen LogP contribution is -2.15. The van der Waals surface area contributed by atoms with Crippen molar-refractivity contribution in [3.63, 3.8) is 0 Å². The first-order chi connectivity index (χ1) is 10.3. The summed E-state index contributed by atoms with van der Waals surface area (Å²) in [5.74, 6) is -0.765. The van der Waals surface area contributed by atoms with Gasteiger partial charge in [-0.15, -0.1) is 0 Å². The Morgan fingerprint density at radius 3 is 2.45 bits per heavy atom. The molecule has 1 aromatic carbocycles. The average molecular weight is 297 g/mol. The van der Waals surface area contributed by atoms with E-state index in [0.717, 1.165) is 29.8 Å². The van der Waals surface area contributed by atoms with Gasteiger partial charge in [0.05, 0.1) is 6.42 Å². The van der Waals surface area contributed by atoms with Crippen molar-refractivity contribution in [1.29, 1.82) is 0 Å². The van der Waals surface area contributed by atoms with Crippen molar-refractivity contribution in [2.24, 2.45) is 5.41 Å². The van der Waals surface area contributed by atoms with Crippen molar-refractivity contribution in [2.75, 3.05) is 0 Å². The molecule has 0 atom stereocenters. The van der Waals surface area contributed by atoms with Gasteiger partial charge >= 0.3 is 5.97 Å². The number of carboxylic acid groups (broad SMARTS) is 1. The van der Waals surface area contributed by atoms with Gasteiger partial charge in [0.1, 0.15) is 0 Å². The van der Waals surface area contributed by atoms with Gasteiger partial charge in [-0.2, -0.15) is 0 Å². The topological polar surface area (TPSA) is 42.2 Å². The zero-order valence-electron chi connectivity index (χ0n) is 13.7. The molecule has 22 heavy (non-hydrogen) atoms. The molecule has 1 N–H and O–H groups in total. The number of fused-ring (bicyclic) bond motifs is 1. The molecule has 0 fully saturated rings. The van der Waals surface area contributed by atoms with Crippen molar-refractivity contribution >= 4 is 5.97 Å². The number of carboxylic acids is 1. The molecule has 3 rings (SSSR count). The third-order valence-corrected chi connectivity index (χ3v) is 4.64. The summed E-state index contributed by atoms with van der Waals surface area (Å²) in [5.41, 5.74) is 7.16. The van der Waals surface area contributed by atoms with Gasteiger partial charge in [-0.1, -0.05) is 43.7 Å². The quantitative estimate of drug-likeness (QED) is 0.931. The summed E-state index contributed by atoms with van der Waals surface area (Å²) in [4.78, 5) is 11.4. The maximum Gasteiger partial charge on any atom is 0.309 e. The number of carbonyl (C=O) groups is 1. The normalized spacial score (nSPS) is 15.8. The van der Waals surface area contributed by atoms with Gasteiger partial charge in [0.2, 0.25) is 0 Å². The highest BCUT2D eigenvalue weighted by Crippen LogP contribution is 2.41. The van der Waals surface area contributed by atoms with Crippen LogP contribution in [0, 0.1) is 19.3 Å². The molecule has 2 heterocycles. The molecule has 0 unspecified atom stereocenters. The van der Waals surface area contributed by atoms with Crippen molar-refractivity contribution in [2.45, 2.75) is 47.1 Å². The highest BCUT2D eigenvalue weighted by Gasteiger charge is 2.34. The largest absolute Gasteiger partial charge is 0.481 e. The van der Waals surface area contributed by atoms with Crippen LogP contribution in [0.15, 0.2) is 24.3 Å². The van der Waals surface area contributed by atoms with Crippen molar-refractivity contribution in [1.82, 2.24) is 4.57 Å². The molecule has 0 bridgehead atoms. The van der Waals surface area contributed by atoms with E-state index >= 15 is 0 Å². The Balaban J connectivity index is 2.18. The summed E-state index contributed by atoms with van der Waals surface area (Å²) >= 11 is 0. The maximum atomic E-state index is 11.4. The Morgan fingerprint density at radius 2 is 1.86 bits per heavy atom. The van der Waals surface area contributed by atoms with Crippen LogP contribution in [0.4, 0.5) is 0 Å². The van der Waals surface area contributed by atoms with Gasteiger partial charge in [-0.05, 0) is 36.8 Å². The molecule has 0 amide bonds. The first-order valence-corrected chi connectivity index (χ1v) is 7.78. The van der Waals surface area contributed by atoms with E-state index in [1.54, 1.807) is 0 Å². The fraction of sp³-hybridized carbons (Fsp3) is 0.421. The monoisotopic (exact) mass is 297 g/mol. The lowest BCUT2D eigenvalue weighted by atomic mass is 9.88. The maximum absolute atomic E-state index is 11.4. The first-order valence-electron chi connectivity index (χ1n) is 7.78. The highest BCUT2D eigenvalue weighted by atomic mass is 16.4. The van der Waals surface area contributed by atoms with E-state index in [4.69, 9.17) is 0 Å². The molecule has 3 nitrogen and oxygen atoms in total. The van der Waals surface area contributed by atoms with Crippen molar-refractivity contribution < 1.29 is 9.90 Å². The Kier molecular flexibility index (Phi) is 3.39. The standard InChI is InChI=1S/C19H23NO2/c1-12-5-7-14(8-6-12)18-13(2)16-10-19(3,4)11-20(16)15(18)9-17(21)22/h5-8H,9-11H2,1-4H3,(H,21,22). The molecule has 0 spiro atoms. The van der Waals surface area contributed by atoms with Crippen molar-refractivity contribution in [3.05, 3.63) is 46.8 Å². The number of rotatable bonds is 3. The number of aliphatic carboxylic acids is 1. The van der Waals surface area contributed by atoms with Gasteiger partial charge in [0, 0.05) is 23.5 Å². The Labute approximate surface area is 131 Å². The number of hydrogen-bond donors (Lipinski definition) is 1. The molecule has 0 aliphatic carbocycles.